The fourth-order valence-corrected chi connectivity index (χ4v) is 3.91. The summed E-state index contributed by atoms with van der Waals surface area (Å²) >= 11 is 0. The molecule has 1 aliphatic rings. The van der Waals surface area contributed by atoms with Crippen LogP contribution in [0.1, 0.15) is 39.7 Å². The van der Waals surface area contributed by atoms with Gasteiger partial charge in [-0.05, 0) is 57.6 Å². The smallest absolute Gasteiger partial charge is 0.322 e. The van der Waals surface area contributed by atoms with E-state index in [1.807, 2.05) is 45.9 Å². The van der Waals surface area contributed by atoms with Crippen molar-refractivity contribution in [3.63, 3.8) is 0 Å². The summed E-state index contributed by atoms with van der Waals surface area (Å²) in [4.78, 5) is 25.3. The minimum absolute atomic E-state index is 0.207. The first-order chi connectivity index (χ1) is 14.2. The lowest BCUT2D eigenvalue weighted by atomic mass is 9.94. The highest BCUT2D eigenvalue weighted by atomic mass is 16.5. The van der Waals surface area contributed by atoms with Crippen LogP contribution in [0.4, 0.5) is 0 Å². The maximum atomic E-state index is 12.2. The summed E-state index contributed by atoms with van der Waals surface area (Å²) in [6.45, 7) is 9.88. The number of nitrogens with zero attached hydrogens (tertiary/aromatic N) is 1. The number of hydrogen-bond donors (Lipinski definition) is 1. The quantitative estimate of drug-likeness (QED) is 0.381. The number of rotatable bonds is 9. The fourth-order valence-electron chi connectivity index (χ4n) is 3.91. The van der Waals surface area contributed by atoms with E-state index < -0.39 is 0 Å². The molecule has 2 rings (SSSR count). The minimum atomic E-state index is -0.337. The van der Waals surface area contributed by atoms with Gasteiger partial charge in [-0.1, -0.05) is 36.4 Å². The summed E-state index contributed by atoms with van der Waals surface area (Å²) in [5, 5.41) is 2.78. The summed E-state index contributed by atoms with van der Waals surface area (Å²) in [6.07, 6.45) is 4.44. The molecule has 6 nitrogen and oxygen atoms in total. The second-order valence-electron chi connectivity index (χ2n) is 8.88. The van der Waals surface area contributed by atoms with Crippen LogP contribution in [0.15, 0.2) is 42.0 Å². The van der Waals surface area contributed by atoms with Crippen LogP contribution in [-0.4, -0.2) is 61.8 Å². The van der Waals surface area contributed by atoms with E-state index in [9.17, 15) is 9.59 Å². The van der Waals surface area contributed by atoms with Gasteiger partial charge in [-0.25, -0.2) is 0 Å². The monoisotopic (exact) mass is 416 g/mol. The lowest BCUT2D eigenvalue weighted by molar-refractivity contribution is -0.146. The van der Waals surface area contributed by atoms with E-state index in [4.69, 9.17) is 9.47 Å². The Bertz CT molecular complexity index is 712. The average Bonchev–Trinajstić information content (AvgIpc) is 2.92. The summed E-state index contributed by atoms with van der Waals surface area (Å²) in [6, 6.07) is 10.1. The Hall–Kier alpha value is -2.18. The molecule has 0 saturated carbocycles. The van der Waals surface area contributed by atoms with Crippen LogP contribution in [-0.2, 0) is 25.5 Å². The first-order valence-corrected chi connectivity index (χ1v) is 10.6. The molecule has 0 aromatic heterocycles. The van der Waals surface area contributed by atoms with Gasteiger partial charge in [0.05, 0.1) is 18.8 Å². The molecular formula is C24H36N2O4. The van der Waals surface area contributed by atoms with Crippen LogP contribution in [0, 0.1) is 5.92 Å². The van der Waals surface area contributed by atoms with Crippen molar-refractivity contribution in [1.82, 2.24) is 10.2 Å². The fraction of sp³-hybridized carbons (Fsp3) is 0.583. The van der Waals surface area contributed by atoms with Crippen molar-refractivity contribution in [3.8, 4) is 0 Å². The SMILES string of the molecule is COC(=O)C(C)N1CCC(C(CNC=O)OC(C)(C)C)=CC(Cc2ccccc2)C1. The Morgan fingerprint density at radius 2 is 2.00 bits per heavy atom. The predicted octanol–water partition coefficient (Wildman–Crippen LogP) is 2.97. The van der Waals surface area contributed by atoms with E-state index in [-0.39, 0.29) is 29.6 Å². The maximum absolute atomic E-state index is 12.2. The predicted molar refractivity (Wildman–Crippen MR) is 118 cm³/mol. The molecule has 1 amide bonds. The highest BCUT2D eigenvalue weighted by molar-refractivity contribution is 5.75. The summed E-state index contributed by atoms with van der Waals surface area (Å²) in [7, 11) is 1.43. The third-order valence-corrected chi connectivity index (χ3v) is 5.33. The van der Waals surface area contributed by atoms with Crippen molar-refractivity contribution >= 4 is 12.4 Å². The van der Waals surface area contributed by atoms with Crippen molar-refractivity contribution in [1.29, 1.82) is 0 Å². The second-order valence-corrected chi connectivity index (χ2v) is 8.88. The highest BCUT2D eigenvalue weighted by Crippen LogP contribution is 2.26. The number of benzene rings is 1. The van der Waals surface area contributed by atoms with Gasteiger partial charge in [0.1, 0.15) is 6.04 Å². The van der Waals surface area contributed by atoms with E-state index in [0.717, 1.165) is 25.9 Å². The van der Waals surface area contributed by atoms with E-state index in [0.29, 0.717) is 13.0 Å². The average molecular weight is 417 g/mol. The Morgan fingerprint density at radius 1 is 1.30 bits per heavy atom. The number of amides is 1. The van der Waals surface area contributed by atoms with Crippen LogP contribution < -0.4 is 5.32 Å². The van der Waals surface area contributed by atoms with Crippen LogP contribution in [0.2, 0.25) is 0 Å². The van der Waals surface area contributed by atoms with Crippen molar-refractivity contribution in [2.24, 2.45) is 5.92 Å². The number of esters is 1. The molecular weight excluding hydrogens is 380 g/mol. The van der Waals surface area contributed by atoms with Gasteiger partial charge >= 0.3 is 5.97 Å². The molecule has 0 spiro atoms. The summed E-state index contributed by atoms with van der Waals surface area (Å²) in [5.41, 5.74) is 2.08. The zero-order valence-corrected chi connectivity index (χ0v) is 18.9. The summed E-state index contributed by atoms with van der Waals surface area (Å²) < 4.78 is 11.3. The van der Waals surface area contributed by atoms with Crippen LogP contribution in [0.3, 0.4) is 0 Å². The van der Waals surface area contributed by atoms with Crippen molar-refractivity contribution in [3.05, 3.63) is 47.5 Å². The number of ether oxygens (including phenoxy) is 2. The molecule has 3 unspecified atom stereocenters. The van der Waals surface area contributed by atoms with Gasteiger partial charge in [-0.3, -0.25) is 14.5 Å². The van der Waals surface area contributed by atoms with Crippen molar-refractivity contribution < 1.29 is 19.1 Å². The molecule has 1 aromatic rings. The maximum Gasteiger partial charge on any atom is 0.322 e. The highest BCUT2D eigenvalue weighted by Gasteiger charge is 2.30. The lowest BCUT2D eigenvalue weighted by Gasteiger charge is -2.30. The van der Waals surface area contributed by atoms with Crippen molar-refractivity contribution in [2.45, 2.75) is 58.3 Å². The van der Waals surface area contributed by atoms with Gasteiger partial charge in [0, 0.05) is 19.6 Å². The Kier molecular flexibility index (Phi) is 9.06. The molecule has 0 bridgehead atoms. The zero-order chi connectivity index (χ0) is 22.1. The molecule has 1 aliphatic heterocycles. The zero-order valence-electron chi connectivity index (χ0n) is 18.9. The third-order valence-electron chi connectivity index (χ3n) is 5.33. The topological polar surface area (TPSA) is 67.9 Å². The standard InChI is InChI=1S/C24H36N2O4/c1-18(23(28)29-5)26-12-11-21(22(15-25-17-27)30-24(2,3)4)14-20(16-26)13-19-9-7-6-8-10-19/h6-10,14,17-18,20,22H,11-13,15-16H2,1-5H3,(H,25,27). The molecule has 0 aliphatic carbocycles. The third kappa shape index (κ3) is 7.58. The van der Waals surface area contributed by atoms with E-state index in [1.54, 1.807) is 0 Å². The van der Waals surface area contributed by atoms with E-state index in [1.165, 1.54) is 18.2 Å². The molecule has 6 heteroatoms. The van der Waals surface area contributed by atoms with Crippen LogP contribution in [0.25, 0.3) is 0 Å². The molecule has 0 radical (unpaired) electrons. The van der Waals surface area contributed by atoms with E-state index in [2.05, 4.69) is 28.4 Å². The molecule has 0 saturated heterocycles. The molecule has 1 heterocycles. The second kappa shape index (κ2) is 11.3. The van der Waals surface area contributed by atoms with Crippen molar-refractivity contribution in [2.75, 3.05) is 26.7 Å². The van der Waals surface area contributed by atoms with Crippen LogP contribution in [0.5, 0.6) is 0 Å². The largest absolute Gasteiger partial charge is 0.468 e. The van der Waals surface area contributed by atoms with Gasteiger partial charge in [0.15, 0.2) is 0 Å². The van der Waals surface area contributed by atoms with Crippen LogP contribution >= 0.6 is 0 Å². The molecule has 0 fully saturated rings. The van der Waals surface area contributed by atoms with Gasteiger partial charge in [-0.2, -0.15) is 0 Å². The number of carbonyl (C=O) groups excluding carboxylic acids is 2. The molecule has 1 N–H and O–H groups in total. The molecule has 30 heavy (non-hydrogen) atoms. The number of carbonyl (C=O) groups is 2. The Labute approximate surface area is 180 Å². The van der Waals surface area contributed by atoms with Gasteiger partial charge in [0.2, 0.25) is 6.41 Å². The van der Waals surface area contributed by atoms with Gasteiger partial charge < -0.3 is 14.8 Å². The van der Waals surface area contributed by atoms with Gasteiger partial charge in [-0.15, -0.1) is 0 Å². The Balaban J connectivity index is 2.30. The normalized spacial score (nSPS) is 19.9. The Morgan fingerprint density at radius 3 is 2.60 bits per heavy atom. The lowest BCUT2D eigenvalue weighted by Crippen LogP contribution is -2.42. The van der Waals surface area contributed by atoms with E-state index >= 15 is 0 Å². The number of nitrogens with one attached hydrogen (secondary N) is 1. The number of methoxy groups -OCH3 is 1. The summed E-state index contributed by atoms with van der Waals surface area (Å²) in [5.74, 6) is 0.00123. The minimum Gasteiger partial charge on any atom is -0.468 e. The number of hydrogen-bond acceptors (Lipinski definition) is 5. The van der Waals surface area contributed by atoms with Gasteiger partial charge in [0.25, 0.3) is 0 Å². The first-order valence-electron chi connectivity index (χ1n) is 10.6. The molecule has 3 atom stereocenters. The molecule has 1 aromatic carbocycles. The first kappa shape index (κ1) is 24.1. The molecule has 166 valence electrons.